The zero-order valence-corrected chi connectivity index (χ0v) is 13.9. The van der Waals surface area contributed by atoms with Crippen LogP contribution in [0, 0.1) is 0 Å². The van der Waals surface area contributed by atoms with Crippen molar-refractivity contribution in [2.75, 3.05) is 6.61 Å². The molecule has 0 saturated carbocycles. The molecule has 0 amide bonds. The first-order valence-electron chi connectivity index (χ1n) is 7.83. The molecule has 1 aromatic rings. The molecule has 0 aliphatic carbocycles. The predicted octanol–water partition coefficient (Wildman–Crippen LogP) is 5.24. The van der Waals surface area contributed by atoms with Crippen LogP contribution in [0.2, 0.25) is 0 Å². The Morgan fingerprint density at radius 3 is 2.62 bits per heavy atom. The van der Waals surface area contributed by atoms with Crippen LogP contribution >= 0.6 is 11.8 Å². The number of esters is 1. The number of thioether (sulfide) groups is 1. The van der Waals surface area contributed by atoms with Crippen LogP contribution < -0.4 is 0 Å². The van der Waals surface area contributed by atoms with Gasteiger partial charge in [0.1, 0.15) is 0 Å². The van der Waals surface area contributed by atoms with Gasteiger partial charge in [-0.15, -0.1) is 11.8 Å². The van der Waals surface area contributed by atoms with Gasteiger partial charge in [0, 0.05) is 16.2 Å². The van der Waals surface area contributed by atoms with E-state index in [-0.39, 0.29) is 5.97 Å². The van der Waals surface area contributed by atoms with Gasteiger partial charge in [-0.05, 0) is 25.5 Å². The van der Waals surface area contributed by atoms with E-state index in [1.807, 2.05) is 43.0 Å². The molecular formula is C18H26O2S. The standard InChI is InChI=1S/C18H26O2S/c1-3-5-6-8-13-17(14-15-18(19)20-4-2)21-16-11-9-7-10-12-16/h7,9-12,14-15,17H,3-6,8,13H2,1-2H3/b15-14+. The lowest BCUT2D eigenvalue weighted by molar-refractivity contribution is -0.137. The first-order valence-corrected chi connectivity index (χ1v) is 8.70. The maximum Gasteiger partial charge on any atom is 0.330 e. The number of benzene rings is 1. The van der Waals surface area contributed by atoms with Gasteiger partial charge in [0.2, 0.25) is 0 Å². The van der Waals surface area contributed by atoms with E-state index >= 15 is 0 Å². The number of unbranched alkanes of at least 4 members (excludes halogenated alkanes) is 3. The van der Waals surface area contributed by atoms with Crippen LogP contribution in [-0.4, -0.2) is 17.8 Å². The molecule has 116 valence electrons. The summed E-state index contributed by atoms with van der Waals surface area (Å²) in [5.74, 6) is -0.246. The largest absolute Gasteiger partial charge is 0.463 e. The van der Waals surface area contributed by atoms with Crippen molar-refractivity contribution in [3.05, 3.63) is 42.5 Å². The third kappa shape index (κ3) is 8.61. The zero-order chi connectivity index (χ0) is 15.3. The van der Waals surface area contributed by atoms with Gasteiger partial charge < -0.3 is 4.74 Å². The molecule has 0 radical (unpaired) electrons. The highest BCUT2D eigenvalue weighted by molar-refractivity contribution is 8.00. The van der Waals surface area contributed by atoms with Crippen LogP contribution in [-0.2, 0) is 9.53 Å². The summed E-state index contributed by atoms with van der Waals surface area (Å²) in [6.45, 7) is 4.47. The fourth-order valence-corrected chi connectivity index (χ4v) is 3.12. The Kier molecular flexibility index (Phi) is 9.71. The van der Waals surface area contributed by atoms with Gasteiger partial charge in [-0.2, -0.15) is 0 Å². The third-order valence-corrected chi connectivity index (χ3v) is 4.35. The van der Waals surface area contributed by atoms with E-state index in [9.17, 15) is 4.79 Å². The van der Waals surface area contributed by atoms with Crippen molar-refractivity contribution < 1.29 is 9.53 Å². The van der Waals surface area contributed by atoms with Crippen LogP contribution in [0.4, 0.5) is 0 Å². The second kappa shape index (κ2) is 11.4. The Hall–Kier alpha value is -1.22. The van der Waals surface area contributed by atoms with Gasteiger partial charge in [0.05, 0.1) is 6.61 Å². The lowest BCUT2D eigenvalue weighted by atomic mass is 10.1. The number of carbonyl (C=O) groups excluding carboxylic acids is 1. The molecule has 21 heavy (non-hydrogen) atoms. The smallest absolute Gasteiger partial charge is 0.330 e. The lowest BCUT2D eigenvalue weighted by Gasteiger charge is -2.12. The summed E-state index contributed by atoms with van der Waals surface area (Å²) < 4.78 is 4.95. The maximum absolute atomic E-state index is 11.5. The molecular weight excluding hydrogens is 280 g/mol. The highest BCUT2D eigenvalue weighted by Gasteiger charge is 2.08. The van der Waals surface area contributed by atoms with Crippen molar-refractivity contribution in [2.24, 2.45) is 0 Å². The summed E-state index contributed by atoms with van der Waals surface area (Å²) in [4.78, 5) is 12.7. The summed E-state index contributed by atoms with van der Waals surface area (Å²) in [6.07, 6.45) is 9.64. The minimum atomic E-state index is -0.246. The molecule has 0 fully saturated rings. The van der Waals surface area contributed by atoms with Crippen LogP contribution in [0.25, 0.3) is 0 Å². The summed E-state index contributed by atoms with van der Waals surface area (Å²) >= 11 is 1.81. The second-order valence-electron chi connectivity index (χ2n) is 4.93. The quantitative estimate of drug-likeness (QED) is 0.256. The van der Waals surface area contributed by atoms with Gasteiger partial charge in [0.15, 0.2) is 0 Å². The average molecular weight is 306 g/mol. The Labute approximate surface area is 133 Å². The molecule has 0 heterocycles. The number of rotatable bonds is 10. The molecule has 0 aliphatic rings. The minimum Gasteiger partial charge on any atom is -0.463 e. The molecule has 2 nitrogen and oxygen atoms in total. The van der Waals surface area contributed by atoms with Gasteiger partial charge in [-0.3, -0.25) is 0 Å². The zero-order valence-electron chi connectivity index (χ0n) is 13.1. The van der Waals surface area contributed by atoms with Crippen LogP contribution in [0.15, 0.2) is 47.4 Å². The summed E-state index contributed by atoms with van der Waals surface area (Å²) in [5, 5.41) is 0.327. The lowest BCUT2D eigenvalue weighted by Crippen LogP contribution is -2.03. The van der Waals surface area contributed by atoms with Crippen LogP contribution in [0.1, 0.15) is 46.0 Å². The highest BCUT2D eigenvalue weighted by Crippen LogP contribution is 2.27. The Morgan fingerprint density at radius 2 is 1.95 bits per heavy atom. The van der Waals surface area contributed by atoms with Crippen molar-refractivity contribution in [3.63, 3.8) is 0 Å². The minimum absolute atomic E-state index is 0.246. The molecule has 0 saturated heterocycles. The molecule has 1 atom stereocenters. The molecule has 0 aliphatic heterocycles. The monoisotopic (exact) mass is 306 g/mol. The second-order valence-corrected chi connectivity index (χ2v) is 6.24. The predicted molar refractivity (Wildman–Crippen MR) is 90.6 cm³/mol. The molecule has 0 spiro atoms. The van der Waals surface area contributed by atoms with Gasteiger partial charge >= 0.3 is 5.97 Å². The van der Waals surface area contributed by atoms with Crippen molar-refractivity contribution in [2.45, 2.75) is 56.1 Å². The van der Waals surface area contributed by atoms with E-state index in [1.165, 1.54) is 30.6 Å². The summed E-state index contributed by atoms with van der Waals surface area (Å²) in [5.41, 5.74) is 0. The van der Waals surface area contributed by atoms with Gasteiger partial charge in [-0.25, -0.2) is 4.79 Å². The first kappa shape index (κ1) is 17.8. The van der Waals surface area contributed by atoms with E-state index in [0.29, 0.717) is 11.9 Å². The van der Waals surface area contributed by atoms with Crippen molar-refractivity contribution in [3.8, 4) is 0 Å². The molecule has 0 N–H and O–H groups in total. The molecule has 1 rings (SSSR count). The fraction of sp³-hybridized carbons (Fsp3) is 0.500. The van der Waals surface area contributed by atoms with E-state index in [1.54, 1.807) is 6.08 Å². The number of ether oxygens (including phenoxy) is 1. The number of hydrogen-bond donors (Lipinski definition) is 0. The third-order valence-electron chi connectivity index (χ3n) is 3.11. The summed E-state index contributed by atoms with van der Waals surface area (Å²) in [7, 11) is 0. The van der Waals surface area contributed by atoms with E-state index < -0.39 is 0 Å². The Balaban J connectivity index is 2.54. The first-order chi connectivity index (χ1) is 10.3. The highest BCUT2D eigenvalue weighted by atomic mass is 32.2. The van der Waals surface area contributed by atoms with Crippen LogP contribution in [0.3, 0.4) is 0 Å². The fourth-order valence-electron chi connectivity index (χ4n) is 2.02. The van der Waals surface area contributed by atoms with Crippen molar-refractivity contribution in [1.82, 2.24) is 0 Å². The van der Waals surface area contributed by atoms with E-state index in [4.69, 9.17) is 4.74 Å². The Morgan fingerprint density at radius 1 is 1.19 bits per heavy atom. The molecule has 0 aromatic heterocycles. The molecule has 3 heteroatoms. The SMILES string of the molecule is CCCCCCC(/C=C/C(=O)OCC)Sc1ccccc1. The molecule has 1 unspecified atom stereocenters. The number of carbonyl (C=O) groups is 1. The van der Waals surface area contributed by atoms with Crippen molar-refractivity contribution in [1.29, 1.82) is 0 Å². The topological polar surface area (TPSA) is 26.3 Å². The van der Waals surface area contributed by atoms with Crippen molar-refractivity contribution >= 4 is 17.7 Å². The van der Waals surface area contributed by atoms with Gasteiger partial charge in [0.25, 0.3) is 0 Å². The molecule has 0 bridgehead atoms. The average Bonchev–Trinajstić information content (AvgIpc) is 2.50. The molecule has 1 aromatic carbocycles. The van der Waals surface area contributed by atoms with Gasteiger partial charge in [-0.1, -0.05) is 56.9 Å². The Bertz CT molecular complexity index is 414. The normalized spacial score (nSPS) is 12.5. The van der Waals surface area contributed by atoms with Crippen LogP contribution in [0.5, 0.6) is 0 Å². The summed E-state index contributed by atoms with van der Waals surface area (Å²) in [6, 6.07) is 10.3. The van der Waals surface area contributed by atoms with E-state index in [0.717, 1.165) is 6.42 Å². The maximum atomic E-state index is 11.5. The number of hydrogen-bond acceptors (Lipinski definition) is 3. The van der Waals surface area contributed by atoms with E-state index in [2.05, 4.69) is 19.1 Å².